The Kier molecular flexibility index (Phi) is 3.97. The van der Waals surface area contributed by atoms with Crippen LogP contribution in [0.25, 0.3) is 0 Å². The number of hydrogen-bond donors (Lipinski definition) is 0. The van der Waals surface area contributed by atoms with Crippen molar-refractivity contribution in [2.75, 3.05) is 14.2 Å². The van der Waals surface area contributed by atoms with Gasteiger partial charge < -0.3 is 23.3 Å². The topological polar surface area (TPSA) is 63.2 Å². The van der Waals surface area contributed by atoms with Gasteiger partial charge in [0.1, 0.15) is 6.10 Å². The van der Waals surface area contributed by atoms with Gasteiger partial charge in [-0.25, -0.2) is 0 Å². The van der Waals surface area contributed by atoms with Crippen LogP contribution in [0.2, 0.25) is 0 Å². The maximum absolute atomic E-state index is 11.8. The summed E-state index contributed by atoms with van der Waals surface area (Å²) < 4.78 is 38.3. The SMILES string of the molecule is COP(=O)(C=C[C@@H]1C[C@H]2OC(C)(C)OC2O1)OC. The summed E-state index contributed by atoms with van der Waals surface area (Å²) in [7, 11) is -0.450. The third-order valence-corrected chi connectivity index (χ3v) is 4.46. The lowest BCUT2D eigenvalue weighted by Crippen LogP contribution is -2.24. The first-order valence-corrected chi connectivity index (χ1v) is 7.40. The van der Waals surface area contributed by atoms with Crippen LogP contribution in [0.3, 0.4) is 0 Å². The highest BCUT2D eigenvalue weighted by molar-refractivity contribution is 7.57. The van der Waals surface area contributed by atoms with E-state index >= 15 is 0 Å². The largest absolute Gasteiger partial charge is 0.353 e. The highest BCUT2D eigenvalue weighted by Crippen LogP contribution is 2.48. The lowest BCUT2D eigenvalue weighted by molar-refractivity contribution is -0.199. The number of ether oxygens (including phenoxy) is 3. The van der Waals surface area contributed by atoms with Gasteiger partial charge in [0, 0.05) is 26.5 Å². The normalized spacial score (nSPS) is 35.2. The maximum Gasteiger partial charge on any atom is 0.353 e. The molecule has 0 spiro atoms. The zero-order valence-corrected chi connectivity index (χ0v) is 11.9. The Balaban J connectivity index is 1.93. The Morgan fingerprint density at radius 1 is 1.28 bits per heavy atom. The van der Waals surface area contributed by atoms with Crippen LogP contribution in [0.1, 0.15) is 20.3 Å². The third kappa shape index (κ3) is 3.02. The van der Waals surface area contributed by atoms with Crippen molar-refractivity contribution in [3.8, 4) is 0 Å². The van der Waals surface area contributed by atoms with E-state index in [1.807, 2.05) is 13.8 Å². The maximum atomic E-state index is 11.8. The molecule has 0 aromatic heterocycles. The molecule has 104 valence electrons. The number of fused-ring (bicyclic) bond motifs is 1. The van der Waals surface area contributed by atoms with E-state index in [0.717, 1.165) is 0 Å². The first-order valence-electron chi connectivity index (χ1n) is 5.79. The van der Waals surface area contributed by atoms with Crippen LogP contribution in [0, 0.1) is 0 Å². The van der Waals surface area contributed by atoms with Gasteiger partial charge in [-0.1, -0.05) is 0 Å². The minimum absolute atomic E-state index is 0.0841. The summed E-state index contributed by atoms with van der Waals surface area (Å²) >= 11 is 0. The highest BCUT2D eigenvalue weighted by Gasteiger charge is 2.48. The van der Waals surface area contributed by atoms with Crippen molar-refractivity contribution in [2.45, 2.75) is 44.6 Å². The molecule has 0 radical (unpaired) electrons. The molecule has 0 aromatic carbocycles. The summed E-state index contributed by atoms with van der Waals surface area (Å²) in [6, 6.07) is 0. The average Bonchev–Trinajstić information content (AvgIpc) is 2.79. The fourth-order valence-corrected chi connectivity index (χ4v) is 2.85. The van der Waals surface area contributed by atoms with Crippen molar-refractivity contribution >= 4 is 7.60 Å². The standard InChI is InChI=1S/C11H19O6P/c1-11(2)16-9-7-8(15-10(9)17-11)5-6-18(12,13-3)14-4/h5-6,8-10H,7H2,1-4H3/t8-,9-,10?/m1/s1. The second kappa shape index (κ2) is 5.04. The van der Waals surface area contributed by atoms with E-state index < -0.39 is 13.4 Å². The van der Waals surface area contributed by atoms with E-state index in [1.54, 1.807) is 6.08 Å². The molecule has 0 N–H and O–H groups in total. The van der Waals surface area contributed by atoms with Crippen LogP contribution in [0.15, 0.2) is 11.9 Å². The fourth-order valence-electron chi connectivity index (χ4n) is 2.06. The second-order valence-corrected chi connectivity index (χ2v) is 6.81. The van der Waals surface area contributed by atoms with E-state index in [4.69, 9.17) is 23.3 Å². The lowest BCUT2D eigenvalue weighted by atomic mass is 10.2. The number of hydrogen-bond acceptors (Lipinski definition) is 6. The smallest absolute Gasteiger partial charge is 0.342 e. The van der Waals surface area contributed by atoms with Gasteiger partial charge in [0.15, 0.2) is 12.1 Å². The molecular weight excluding hydrogens is 259 g/mol. The van der Waals surface area contributed by atoms with E-state index in [0.29, 0.717) is 6.42 Å². The van der Waals surface area contributed by atoms with Gasteiger partial charge in [-0.05, 0) is 19.9 Å². The van der Waals surface area contributed by atoms with Crippen LogP contribution in [0.5, 0.6) is 0 Å². The summed E-state index contributed by atoms with van der Waals surface area (Å²) in [6.45, 7) is 3.70. The van der Waals surface area contributed by atoms with Crippen molar-refractivity contribution in [3.63, 3.8) is 0 Å². The molecular formula is C11H19O6P. The molecule has 2 saturated heterocycles. The molecule has 7 heteroatoms. The van der Waals surface area contributed by atoms with E-state index in [1.165, 1.54) is 20.0 Å². The van der Waals surface area contributed by atoms with Crippen molar-refractivity contribution in [3.05, 3.63) is 11.9 Å². The van der Waals surface area contributed by atoms with Crippen molar-refractivity contribution < 1.29 is 27.8 Å². The van der Waals surface area contributed by atoms with Gasteiger partial charge in [-0.3, -0.25) is 4.57 Å². The van der Waals surface area contributed by atoms with Gasteiger partial charge >= 0.3 is 7.60 Å². The van der Waals surface area contributed by atoms with Crippen LogP contribution in [-0.2, 0) is 27.8 Å². The minimum atomic E-state index is -3.13. The molecule has 2 fully saturated rings. The Morgan fingerprint density at radius 3 is 2.50 bits per heavy atom. The van der Waals surface area contributed by atoms with E-state index in [9.17, 15) is 4.57 Å². The summed E-state index contributed by atoms with van der Waals surface area (Å²) in [5.74, 6) is 0.808. The van der Waals surface area contributed by atoms with Gasteiger partial charge in [-0.2, -0.15) is 0 Å². The molecule has 18 heavy (non-hydrogen) atoms. The molecule has 0 amide bonds. The highest BCUT2D eigenvalue weighted by atomic mass is 31.2. The van der Waals surface area contributed by atoms with Crippen molar-refractivity contribution in [1.29, 1.82) is 0 Å². The molecule has 2 rings (SSSR count). The summed E-state index contributed by atoms with van der Waals surface area (Å²) in [4.78, 5) is 0. The van der Waals surface area contributed by atoms with Crippen LogP contribution in [0.4, 0.5) is 0 Å². The lowest BCUT2D eigenvalue weighted by Gasteiger charge is -2.19. The van der Waals surface area contributed by atoms with E-state index in [-0.39, 0.29) is 18.5 Å². The monoisotopic (exact) mass is 278 g/mol. The summed E-state index contributed by atoms with van der Waals surface area (Å²) in [6.07, 6.45) is 1.69. The van der Waals surface area contributed by atoms with Gasteiger partial charge in [0.25, 0.3) is 0 Å². The zero-order valence-electron chi connectivity index (χ0n) is 11.0. The van der Waals surface area contributed by atoms with Gasteiger partial charge in [0.2, 0.25) is 0 Å². The molecule has 0 saturated carbocycles. The van der Waals surface area contributed by atoms with Gasteiger partial charge in [-0.15, -0.1) is 0 Å². The van der Waals surface area contributed by atoms with Crippen LogP contribution >= 0.6 is 7.60 Å². The molecule has 0 bridgehead atoms. The predicted molar refractivity (Wildman–Crippen MR) is 64.1 cm³/mol. The van der Waals surface area contributed by atoms with Crippen LogP contribution in [-0.4, -0.2) is 38.5 Å². The Morgan fingerprint density at radius 2 is 1.94 bits per heavy atom. The first-order chi connectivity index (χ1) is 8.37. The zero-order chi connectivity index (χ0) is 13.4. The molecule has 2 aliphatic heterocycles. The minimum Gasteiger partial charge on any atom is -0.342 e. The molecule has 0 aromatic rings. The van der Waals surface area contributed by atoms with Crippen LogP contribution < -0.4 is 0 Å². The summed E-state index contributed by atoms with van der Waals surface area (Å²) in [5, 5.41) is 0. The molecule has 6 nitrogen and oxygen atoms in total. The first kappa shape index (κ1) is 14.2. The van der Waals surface area contributed by atoms with Crippen molar-refractivity contribution in [2.24, 2.45) is 0 Å². The average molecular weight is 278 g/mol. The third-order valence-electron chi connectivity index (χ3n) is 2.90. The molecule has 1 unspecified atom stereocenters. The Bertz CT molecular complexity index is 356. The number of rotatable bonds is 4. The molecule has 2 aliphatic rings. The Hall–Kier alpha value is -0.230. The summed E-state index contributed by atoms with van der Waals surface area (Å²) in [5.41, 5.74) is 0. The van der Waals surface area contributed by atoms with Crippen molar-refractivity contribution in [1.82, 2.24) is 0 Å². The quantitative estimate of drug-likeness (QED) is 0.735. The Labute approximate surface area is 107 Å². The predicted octanol–water partition coefficient (Wildman–Crippen LogP) is 2.25. The molecule has 3 atom stereocenters. The molecule has 0 aliphatic carbocycles. The van der Waals surface area contributed by atoms with E-state index in [2.05, 4.69) is 0 Å². The fraction of sp³-hybridized carbons (Fsp3) is 0.818. The second-order valence-electron chi connectivity index (χ2n) is 4.70. The van der Waals surface area contributed by atoms with Gasteiger partial charge in [0.05, 0.1) is 6.10 Å². The molecule has 2 heterocycles.